The fourth-order valence-electron chi connectivity index (χ4n) is 3.93. The lowest BCUT2D eigenvalue weighted by Crippen LogP contribution is -2.54. The number of anilines is 1. The average Bonchev–Trinajstić information content (AvgIpc) is 2.88. The molecule has 37 heavy (non-hydrogen) atoms. The molecule has 1 N–H and O–H groups in total. The third-order valence-electron chi connectivity index (χ3n) is 6.21. The van der Waals surface area contributed by atoms with Crippen LogP contribution in [0.15, 0.2) is 48.5 Å². The molecule has 0 spiro atoms. The highest BCUT2D eigenvalue weighted by molar-refractivity contribution is 7.92. The van der Waals surface area contributed by atoms with Gasteiger partial charge in [0.25, 0.3) is 0 Å². The van der Waals surface area contributed by atoms with Crippen molar-refractivity contribution in [2.24, 2.45) is 0 Å². The third kappa shape index (κ3) is 8.38. The van der Waals surface area contributed by atoms with Crippen LogP contribution < -0.4 is 19.1 Å². The molecule has 0 unspecified atom stereocenters. The van der Waals surface area contributed by atoms with E-state index in [9.17, 15) is 18.0 Å². The van der Waals surface area contributed by atoms with Gasteiger partial charge in [0, 0.05) is 18.7 Å². The predicted molar refractivity (Wildman–Crippen MR) is 146 cm³/mol. The number of ether oxygens (including phenoxy) is 2. The first-order valence-electron chi connectivity index (χ1n) is 12.4. The number of carbonyl (C=O) groups is 2. The van der Waals surface area contributed by atoms with Gasteiger partial charge in [-0.05, 0) is 43.9 Å². The molecule has 0 heterocycles. The van der Waals surface area contributed by atoms with E-state index in [1.54, 1.807) is 12.1 Å². The van der Waals surface area contributed by atoms with E-state index < -0.39 is 28.5 Å². The van der Waals surface area contributed by atoms with Crippen LogP contribution in [0.25, 0.3) is 0 Å². The van der Waals surface area contributed by atoms with Gasteiger partial charge in [-0.2, -0.15) is 0 Å². The fraction of sp³-hybridized carbons (Fsp3) is 0.481. The maximum Gasteiger partial charge on any atom is 0.244 e. The number of nitrogens with zero attached hydrogens (tertiary/aromatic N) is 2. The number of hydrogen-bond acceptors (Lipinski definition) is 6. The summed E-state index contributed by atoms with van der Waals surface area (Å²) in [5.41, 5.74) is 1.27. The van der Waals surface area contributed by atoms with Crippen LogP contribution in [0, 0.1) is 0 Å². The standard InChI is InChI=1S/C27H39N3O6S/c1-7-20(3)28-27(32)23(8-2)29(17-16-21-12-10-9-11-13-21)26(31)19-30(37(6,33)34)22-14-15-24(35-4)25(18-22)36-5/h9-15,18,20,23H,7-8,16-17,19H2,1-6H3,(H,28,32)/t20-,23+/m0/s1. The SMILES string of the molecule is CC[C@H](C(=O)N[C@@H](C)CC)N(CCc1ccccc1)C(=O)CN(c1ccc(OC)c(OC)c1)S(C)(=O)=O. The van der Waals surface area contributed by atoms with Gasteiger partial charge in [-0.15, -0.1) is 0 Å². The highest BCUT2D eigenvalue weighted by Gasteiger charge is 2.32. The summed E-state index contributed by atoms with van der Waals surface area (Å²) >= 11 is 0. The zero-order valence-electron chi connectivity index (χ0n) is 22.6. The van der Waals surface area contributed by atoms with Crippen molar-refractivity contribution in [2.75, 3.05) is 37.9 Å². The molecule has 10 heteroatoms. The molecule has 0 aromatic heterocycles. The topological polar surface area (TPSA) is 105 Å². The van der Waals surface area contributed by atoms with Gasteiger partial charge in [-0.25, -0.2) is 8.42 Å². The van der Waals surface area contributed by atoms with Crippen molar-refractivity contribution in [1.82, 2.24) is 10.2 Å². The second-order valence-electron chi connectivity index (χ2n) is 8.87. The molecule has 2 rings (SSSR count). The van der Waals surface area contributed by atoms with Crippen molar-refractivity contribution in [2.45, 2.75) is 52.1 Å². The van der Waals surface area contributed by atoms with Crippen LogP contribution in [-0.2, 0) is 26.0 Å². The number of nitrogens with one attached hydrogen (secondary N) is 1. The molecular formula is C27H39N3O6S. The molecule has 0 aliphatic rings. The molecule has 2 amide bonds. The van der Waals surface area contributed by atoms with Gasteiger partial charge >= 0.3 is 0 Å². The van der Waals surface area contributed by atoms with Gasteiger partial charge in [0.2, 0.25) is 21.8 Å². The fourth-order valence-corrected chi connectivity index (χ4v) is 4.77. The summed E-state index contributed by atoms with van der Waals surface area (Å²) in [4.78, 5) is 28.3. The molecule has 0 fully saturated rings. The van der Waals surface area contributed by atoms with E-state index in [4.69, 9.17) is 9.47 Å². The highest BCUT2D eigenvalue weighted by atomic mass is 32.2. The van der Waals surface area contributed by atoms with E-state index in [1.807, 2.05) is 51.1 Å². The number of hydrogen-bond donors (Lipinski definition) is 1. The Kier molecular flexibility index (Phi) is 11.2. The molecule has 204 valence electrons. The largest absolute Gasteiger partial charge is 0.493 e. The summed E-state index contributed by atoms with van der Waals surface area (Å²) in [5, 5.41) is 2.96. The molecule has 2 aromatic carbocycles. The normalized spacial score (nSPS) is 12.8. The molecule has 2 atom stereocenters. The highest BCUT2D eigenvalue weighted by Crippen LogP contribution is 2.32. The lowest BCUT2D eigenvalue weighted by atomic mass is 10.1. The minimum atomic E-state index is -3.84. The van der Waals surface area contributed by atoms with Crippen LogP contribution in [0.3, 0.4) is 0 Å². The maximum absolute atomic E-state index is 13.7. The number of methoxy groups -OCH3 is 2. The van der Waals surface area contributed by atoms with Crippen LogP contribution in [0.2, 0.25) is 0 Å². The lowest BCUT2D eigenvalue weighted by molar-refractivity contribution is -0.139. The third-order valence-corrected chi connectivity index (χ3v) is 7.35. The summed E-state index contributed by atoms with van der Waals surface area (Å²) in [6, 6.07) is 13.5. The lowest BCUT2D eigenvalue weighted by Gasteiger charge is -2.33. The summed E-state index contributed by atoms with van der Waals surface area (Å²) in [5.74, 6) is 0.0438. The zero-order valence-corrected chi connectivity index (χ0v) is 23.4. The summed E-state index contributed by atoms with van der Waals surface area (Å²) < 4.78 is 37.2. The van der Waals surface area contributed by atoms with E-state index in [0.717, 1.165) is 22.5 Å². The Morgan fingerprint density at radius 2 is 1.62 bits per heavy atom. The Balaban J connectivity index is 2.41. The van der Waals surface area contributed by atoms with Gasteiger partial charge in [-0.3, -0.25) is 13.9 Å². The smallest absolute Gasteiger partial charge is 0.244 e. The molecular weight excluding hydrogens is 494 g/mol. The zero-order chi connectivity index (χ0) is 27.6. The molecule has 2 aromatic rings. The molecule has 0 bridgehead atoms. The van der Waals surface area contributed by atoms with Crippen LogP contribution in [0.5, 0.6) is 11.5 Å². The van der Waals surface area contributed by atoms with Crippen molar-refractivity contribution in [1.29, 1.82) is 0 Å². The van der Waals surface area contributed by atoms with E-state index in [-0.39, 0.29) is 24.2 Å². The van der Waals surface area contributed by atoms with E-state index in [0.29, 0.717) is 24.3 Å². The maximum atomic E-state index is 13.7. The summed E-state index contributed by atoms with van der Waals surface area (Å²) in [6.45, 7) is 5.52. The second-order valence-corrected chi connectivity index (χ2v) is 10.8. The predicted octanol–water partition coefficient (Wildman–Crippen LogP) is 3.23. The van der Waals surface area contributed by atoms with Gasteiger partial charge in [-0.1, -0.05) is 44.2 Å². The molecule has 0 aliphatic carbocycles. The second kappa shape index (κ2) is 13.9. The minimum absolute atomic E-state index is 0.0492. The minimum Gasteiger partial charge on any atom is -0.493 e. The number of carbonyl (C=O) groups excluding carboxylic acids is 2. The van der Waals surface area contributed by atoms with Gasteiger partial charge in [0.1, 0.15) is 12.6 Å². The molecule has 9 nitrogen and oxygen atoms in total. The Labute approximate surface area is 220 Å². The average molecular weight is 534 g/mol. The quantitative estimate of drug-likeness (QED) is 0.400. The number of sulfonamides is 1. The first-order chi connectivity index (χ1) is 17.5. The van der Waals surface area contributed by atoms with Crippen LogP contribution in [-0.4, -0.2) is 70.8 Å². The van der Waals surface area contributed by atoms with E-state index in [1.165, 1.54) is 25.2 Å². The Morgan fingerprint density at radius 3 is 2.16 bits per heavy atom. The van der Waals surface area contributed by atoms with Crippen LogP contribution in [0.1, 0.15) is 39.2 Å². The van der Waals surface area contributed by atoms with Gasteiger partial charge in [0.15, 0.2) is 11.5 Å². The van der Waals surface area contributed by atoms with E-state index >= 15 is 0 Å². The van der Waals surface area contributed by atoms with Gasteiger partial charge < -0.3 is 19.7 Å². The van der Waals surface area contributed by atoms with Crippen molar-refractivity contribution in [3.63, 3.8) is 0 Å². The van der Waals surface area contributed by atoms with Crippen LogP contribution in [0.4, 0.5) is 5.69 Å². The van der Waals surface area contributed by atoms with Crippen molar-refractivity contribution in [3.8, 4) is 11.5 Å². The number of amides is 2. The van der Waals surface area contributed by atoms with Crippen molar-refractivity contribution >= 4 is 27.5 Å². The first kappa shape index (κ1) is 30.0. The van der Waals surface area contributed by atoms with Crippen molar-refractivity contribution in [3.05, 3.63) is 54.1 Å². The number of benzene rings is 2. The van der Waals surface area contributed by atoms with Crippen molar-refractivity contribution < 1.29 is 27.5 Å². The van der Waals surface area contributed by atoms with Crippen LogP contribution >= 0.6 is 0 Å². The number of rotatable bonds is 14. The molecule has 0 aliphatic heterocycles. The Morgan fingerprint density at radius 1 is 0.973 bits per heavy atom. The van der Waals surface area contributed by atoms with Gasteiger partial charge in [0.05, 0.1) is 26.2 Å². The Hall–Kier alpha value is -3.27. The molecule has 0 radical (unpaired) electrons. The molecule has 0 saturated carbocycles. The summed E-state index contributed by atoms with van der Waals surface area (Å²) in [6.07, 6.45) is 2.70. The monoisotopic (exact) mass is 533 g/mol. The van der Waals surface area contributed by atoms with E-state index in [2.05, 4.69) is 5.32 Å². The Bertz CT molecular complexity index is 1140. The first-order valence-corrected chi connectivity index (χ1v) is 14.2. The summed E-state index contributed by atoms with van der Waals surface area (Å²) in [7, 11) is -0.914. The molecule has 0 saturated heterocycles.